The first-order chi connectivity index (χ1) is 13.5. The number of hydrogen-bond acceptors (Lipinski definition) is 7. The number of fused-ring (bicyclic) bond motifs is 1. The van der Waals surface area contributed by atoms with Crippen molar-refractivity contribution in [1.29, 1.82) is 0 Å². The maximum Gasteiger partial charge on any atom is 0.411 e. The number of β-amino-alcohol motifs (C(OH)–C–C–N with tert-alkyl or cyclic N) is 1. The number of carbonyl (C=O) groups excluding carboxylic acids is 1. The lowest BCUT2D eigenvalue weighted by atomic mass is 10.00. The molecule has 29 heavy (non-hydrogen) atoms. The molecule has 0 bridgehead atoms. The Hall–Kier alpha value is -1.35. The second kappa shape index (κ2) is 8.79. The highest BCUT2D eigenvalue weighted by atomic mass is 32.2. The van der Waals surface area contributed by atoms with Crippen LogP contribution in [-0.4, -0.2) is 62.5 Å². The molecule has 1 fully saturated rings. The molecule has 1 aromatic carbocycles. The predicted octanol–water partition coefficient (Wildman–Crippen LogP) is 3.88. The van der Waals surface area contributed by atoms with E-state index in [0.29, 0.717) is 18.2 Å². The molecule has 0 saturated carbocycles. The Kier molecular flexibility index (Phi) is 6.77. The van der Waals surface area contributed by atoms with Gasteiger partial charge >= 0.3 is 6.09 Å². The van der Waals surface area contributed by atoms with Gasteiger partial charge in [-0.15, -0.1) is 23.1 Å². The molecule has 0 radical (unpaired) electrons. The second-order valence-electron chi connectivity index (χ2n) is 9.10. The van der Waals surface area contributed by atoms with Crippen molar-refractivity contribution in [2.45, 2.75) is 64.3 Å². The minimum atomic E-state index is -0.660. The fourth-order valence-corrected chi connectivity index (χ4v) is 5.68. The number of thiazole rings is 1. The maximum atomic E-state index is 12.5. The highest BCUT2D eigenvalue weighted by Gasteiger charge is 2.37. The summed E-state index contributed by atoms with van der Waals surface area (Å²) in [6.07, 6.45) is -0.249. The summed E-state index contributed by atoms with van der Waals surface area (Å²) in [4.78, 5) is 18.8. The van der Waals surface area contributed by atoms with Gasteiger partial charge in [0.05, 0.1) is 33.2 Å². The van der Waals surface area contributed by atoms with Gasteiger partial charge in [0.15, 0.2) is 0 Å². The van der Waals surface area contributed by atoms with Crippen molar-refractivity contribution >= 4 is 39.4 Å². The molecule has 3 rings (SSSR count). The number of carbonyl (C=O) groups is 1. The number of thioether (sulfide) groups is 1. The van der Waals surface area contributed by atoms with Crippen LogP contribution in [0.5, 0.6) is 0 Å². The van der Waals surface area contributed by atoms with Crippen LogP contribution in [0.3, 0.4) is 0 Å². The summed E-state index contributed by atoms with van der Waals surface area (Å²) >= 11 is 3.35. The SMILES string of the molecule is CC(C)(Cc1nc2ccccc2s1)NC[C@@H](O)[C@H]1CSCN1C(=O)OC(C)(C)C. The fraction of sp³-hybridized carbons (Fsp3) is 0.619. The minimum Gasteiger partial charge on any atom is -0.444 e. The van der Waals surface area contributed by atoms with Crippen LogP contribution >= 0.6 is 23.1 Å². The lowest BCUT2D eigenvalue weighted by Gasteiger charge is -2.32. The number of amides is 1. The Morgan fingerprint density at radius 3 is 2.76 bits per heavy atom. The highest BCUT2D eigenvalue weighted by Crippen LogP contribution is 2.27. The maximum absolute atomic E-state index is 12.5. The largest absolute Gasteiger partial charge is 0.444 e. The van der Waals surface area contributed by atoms with Crippen LogP contribution in [0, 0.1) is 0 Å². The molecule has 1 saturated heterocycles. The summed E-state index contributed by atoms with van der Waals surface area (Å²) in [5.74, 6) is 1.26. The number of nitrogens with zero attached hydrogens (tertiary/aromatic N) is 2. The number of hydrogen-bond donors (Lipinski definition) is 2. The first-order valence-electron chi connectivity index (χ1n) is 9.89. The molecule has 0 spiro atoms. The van der Waals surface area contributed by atoms with Crippen LogP contribution in [0.2, 0.25) is 0 Å². The number of para-hydroxylation sites is 1. The summed E-state index contributed by atoms with van der Waals surface area (Å²) in [5, 5.41) is 15.3. The van der Waals surface area contributed by atoms with Crippen LogP contribution in [0.4, 0.5) is 4.79 Å². The third-order valence-corrected chi connectivity index (χ3v) is 6.79. The molecule has 6 nitrogen and oxygen atoms in total. The molecule has 0 aliphatic carbocycles. The van der Waals surface area contributed by atoms with Crippen molar-refractivity contribution in [3.05, 3.63) is 29.3 Å². The number of aliphatic hydroxyl groups excluding tert-OH is 1. The number of benzene rings is 1. The third kappa shape index (κ3) is 6.07. The van der Waals surface area contributed by atoms with Gasteiger partial charge in [-0.2, -0.15) is 0 Å². The normalized spacial score (nSPS) is 19.0. The van der Waals surface area contributed by atoms with E-state index in [0.717, 1.165) is 16.9 Å². The van der Waals surface area contributed by atoms with Crippen molar-refractivity contribution in [3.63, 3.8) is 0 Å². The van der Waals surface area contributed by atoms with Gasteiger partial charge in [0, 0.05) is 24.3 Å². The van der Waals surface area contributed by atoms with Crippen molar-refractivity contribution in [1.82, 2.24) is 15.2 Å². The molecule has 0 unspecified atom stereocenters. The van der Waals surface area contributed by atoms with E-state index >= 15 is 0 Å². The number of aliphatic hydroxyl groups is 1. The van der Waals surface area contributed by atoms with E-state index in [4.69, 9.17) is 9.72 Å². The van der Waals surface area contributed by atoms with Gasteiger partial charge in [-0.1, -0.05) is 12.1 Å². The Balaban J connectivity index is 1.56. The zero-order valence-electron chi connectivity index (χ0n) is 17.8. The van der Waals surface area contributed by atoms with Crippen LogP contribution in [0.1, 0.15) is 39.6 Å². The van der Waals surface area contributed by atoms with Crippen molar-refractivity contribution in [2.75, 3.05) is 18.2 Å². The number of aromatic nitrogens is 1. The van der Waals surface area contributed by atoms with E-state index in [1.807, 2.05) is 39.0 Å². The summed E-state index contributed by atoms with van der Waals surface area (Å²) in [6.45, 7) is 10.2. The van der Waals surface area contributed by atoms with Gasteiger partial charge in [-0.25, -0.2) is 9.78 Å². The molecule has 160 valence electrons. The first kappa shape index (κ1) is 22.3. The predicted molar refractivity (Wildman–Crippen MR) is 121 cm³/mol. The molecule has 1 aliphatic rings. The molecule has 2 heterocycles. The van der Waals surface area contributed by atoms with Gasteiger partial charge in [0.1, 0.15) is 5.60 Å². The lowest BCUT2D eigenvalue weighted by Crippen LogP contribution is -2.52. The van der Waals surface area contributed by atoms with E-state index in [-0.39, 0.29) is 17.7 Å². The van der Waals surface area contributed by atoms with Gasteiger partial charge < -0.3 is 15.2 Å². The van der Waals surface area contributed by atoms with Crippen LogP contribution in [0.15, 0.2) is 24.3 Å². The highest BCUT2D eigenvalue weighted by molar-refractivity contribution is 7.99. The van der Waals surface area contributed by atoms with Crippen LogP contribution < -0.4 is 5.32 Å². The van der Waals surface area contributed by atoms with E-state index < -0.39 is 11.7 Å². The van der Waals surface area contributed by atoms with Crippen molar-refractivity contribution in [2.24, 2.45) is 0 Å². The van der Waals surface area contributed by atoms with Gasteiger partial charge in [-0.3, -0.25) is 4.90 Å². The average molecular weight is 438 g/mol. The van der Waals surface area contributed by atoms with E-state index in [9.17, 15) is 9.90 Å². The van der Waals surface area contributed by atoms with Gasteiger partial charge in [0.25, 0.3) is 0 Å². The Morgan fingerprint density at radius 2 is 2.07 bits per heavy atom. The molecule has 2 aromatic rings. The summed E-state index contributed by atoms with van der Waals surface area (Å²) < 4.78 is 6.68. The smallest absolute Gasteiger partial charge is 0.411 e. The summed E-state index contributed by atoms with van der Waals surface area (Å²) in [6, 6.07) is 7.90. The van der Waals surface area contributed by atoms with Gasteiger partial charge in [-0.05, 0) is 46.8 Å². The van der Waals surface area contributed by atoms with Crippen molar-refractivity contribution in [3.8, 4) is 0 Å². The Morgan fingerprint density at radius 1 is 1.34 bits per heavy atom. The first-order valence-corrected chi connectivity index (χ1v) is 11.9. The molecule has 1 amide bonds. The quantitative estimate of drug-likeness (QED) is 0.714. The monoisotopic (exact) mass is 437 g/mol. The summed E-state index contributed by atoms with van der Waals surface area (Å²) in [7, 11) is 0. The minimum absolute atomic E-state index is 0.225. The zero-order chi connectivity index (χ0) is 21.2. The van der Waals surface area contributed by atoms with Crippen molar-refractivity contribution < 1.29 is 14.6 Å². The lowest BCUT2D eigenvalue weighted by molar-refractivity contribution is 0.00653. The zero-order valence-corrected chi connectivity index (χ0v) is 19.4. The average Bonchev–Trinajstić information content (AvgIpc) is 3.24. The topological polar surface area (TPSA) is 74.7 Å². The Labute approximate surface area is 181 Å². The molecule has 2 atom stereocenters. The fourth-order valence-electron chi connectivity index (χ4n) is 3.24. The van der Waals surface area contributed by atoms with Crippen LogP contribution in [-0.2, 0) is 11.2 Å². The van der Waals surface area contributed by atoms with E-state index in [1.165, 1.54) is 4.70 Å². The number of nitrogens with one attached hydrogen (secondary N) is 1. The molecule has 1 aliphatic heterocycles. The number of rotatable bonds is 6. The van der Waals surface area contributed by atoms with Gasteiger partial charge in [0.2, 0.25) is 0 Å². The molecular formula is C21H31N3O3S2. The molecule has 8 heteroatoms. The molecule has 2 N–H and O–H groups in total. The van der Waals surface area contributed by atoms with Crippen LogP contribution in [0.25, 0.3) is 10.2 Å². The third-order valence-electron chi connectivity index (χ3n) is 4.71. The van der Waals surface area contributed by atoms with E-state index in [2.05, 4.69) is 25.2 Å². The standard InChI is InChI=1S/C21H31N3O3S2/c1-20(2,3)27-19(26)24-13-28-12-15(24)16(25)11-22-21(4,5)10-18-23-14-8-6-7-9-17(14)29-18/h6-9,15-16,22,25H,10-13H2,1-5H3/t15-,16-/m1/s1. The Bertz CT molecular complexity index is 814. The molecular weight excluding hydrogens is 406 g/mol. The number of ether oxygens (including phenoxy) is 1. The van der Waals surface area contributed by atoms with E-state index in [1.54, 1.807) is 28.0 Å². The molecule has 1 aromatic heterocycles. The summed E-state index contributed by atoms with van der Waals surface area (Å²) in [5.41, 5.74) is 0.258. The second-order valence-corrected chi connectivity index (χ2v) is 11.2.